The molecule has 6 nitrogen and oxygen atoms in total. The van der Waals surface area contributed by atoms with Gasteiger partial charge in [-0.25, -0.2) is 0 Å². The van der Waals surface area contributed by atoms with Crippen molar-refractivity contribution in [3.63, 3.8) is 0 Å². The molecule has 0 fully saturated rings. The number of hydrogen-bond acceptors (Lipinski definition) is 4. The molecule has 0 unspecified atom stereocenters. The fourth-order valence-electron chi connectivity index (χ4n) is 1.25. The van der Waals surface area contributed by atoms with Crippen LogP contribution in [0.3, 0.4) is 0 Å². The summed E-state index contributed by atoms with van der Waals surface area (Å²) in [6, 6.07) is 5.75. The minimum Gasteiger partial charge on any atom is -0.328 e. The predicted molar refractivity (Wildman–Crippen MR) is 60.7 cm³/mol. The molecule has 0 heterocycles. The molecular formula is C10H8ClN3O3. The summed E-state index contributed by atoms with van der Waals surface area (Å²) in [6.07, 6.45) is 0. The summed E-state index contributed by atoms with van der Waals surface area (Å²) in [5.41, 5.74) is -0.566. The van der Waals surface area contributed by atoms with Gasteiger partial charge in [-0.05, 0) is 6.07 Å². The van der Waals surface area contributed by atoms with Gasteiger partial charge in [0.15, 0.2) is 0 Å². The molecule has 88 valence electrons. The molecule has 0 saturated carbocycles. The van der Waals surface area contributed by atoms with Gasteiger partial charge in [0.2, 0.25) is 0 Å². The zero-order chi connectivity index (χ0) is 13.0. The van der Waals surface area contributed by atoms with Gasteiger partial charge in [0.05, 0.1) is 16.0 Å². The van der Waals surface area contributed by atoms with Crippen LogP contribution < -0.4 is 0 Å². The van der Waals surface area contributed by atoms with E-state index < -0.39 is 10.8 Å². The minimum absolute atomic E-state index is 0.00557. The van der Waals surface area contributed by atoms with Crippen LogP contribution in [0.1, 0.15) is 10.4 Å². The molecule has 1 rings (SSSR count). The number of nitriles is 1. The van der Waals surface area contributed by atoms with E-state index in [0.717, 1.165) is 4.90 Å². The van der Waals surface area contributed by atoms with E-state index in [-0.39, 0.29) is 22.8 Å². The molecule has 1 aromatic carbocycles. The summed E-state index contributed by atoms with van der Waals surface area (Å²) in [6.45, 7) is -0.165. The van der Waals surface area contributed by atoms with Crippen LogP contribution in [-0.2, 0) is 0 Å². The van der Waals surface area contributed by atoms with Crippen molar-refractivity contribution in [1.29, 1.82) is 5.26 Å². The fraction of sp³-hybridized carbons (Fsp3) is 0.200. The van der Waals surface area contributed by atoms with E-state index in [9.17, 15) is 14.9 Å². The third kappa shape index (κ3) is 2.71. The molecule has 0 aromatic heterocycles. The highest BCUT2D eigenvalue weighted by Gasteiger charge is 2.25. The minimum atomic E-state index is -0.681. The lowest BCUT2D eigenvalue weighted by atomic mass is 10.1. The Hall–Kier alpha value is -2.13. The first-order valence-corrected chi connectivity index (χ1v) is 4.92. The number of hydrogen-bond donors (Lipinski definition) is 0. The van der Waals surface area contributed by atoms with Crippen molar-refractivity contribution < 1.29 is 9.72 Å². The topological polar surface area (TPSA) is 87.2 Å². The van der Waals surface area contributed by atoms with Gasteiger partial charge >= 0.3 is 0 Å². The zero-order valence-electron chi connectivity index (χ0n) is 8.88. The Morgan fingerprint density at radius 3 is 2.82 bits per heavy atom. The van der Waals surface area contributed by atoms with Crippen LogP contribution in [0.15, 0.2) is 18.2 Å². The molecule has 1 aromatic rings. The lowest BCUT2D eigenvalue weighted by Gasteiger charge is -2.13. The Bertz CT molecular complexity index is 510. The van der Waals surface area contributed by atoms with Crippen LogP contribution in [0.4, 0.5) is 5.69 Å². The lowest BCUT2D eigenvalue weighted by Crippen LogP contribution is -2.27. The molecule has 0 aliphatic heterocycles. The van der Waals surface area contributed by atoms with Crippen molar-refractivity contribution in [1.82, 2.24) is 4.90 Å². The van der Waals surface area contributed by atoms with Gasteiger partial charge in [0.25, 0.3) is 11.6 Å². The summed E-state index contributed by atoms with van der Waals surface area (Å²) in [5, 5.41) is 19.2. The third-order valence-electron chi connectivity index (χ3n) is 2.06. The average molecular weight is 254 g/mol. The molecule has 0 atom stereocenters. The van der Waals surface area contributed by atoms with E-state index >= 15 is 0 Å². The fourth-order valence-corrected chi connectivity index (χ4v) is 1.50. The maximum Gasteiger partial charge on any atom is 0.283 e. The van der Waals surface area contributed by atoms with E-state index in [4.69, 9.17) is 16.9 Å². The number of nitrogens with zero attached hydrogens (tertiary/aromatic N) is 3. The van der Waals surface area contributed by atoms with E-state index in [1.54, 1.807) is 6.07 Å². The third-order valence-corrected chi connectivity index (χ3v) is 2.37. The summed E-state index contributed by atoms with van der Waals surface area (Å²) in [4.78, 5) is 23.0. The Kier molecular flexibility index (Phi) is 4.01. The lowest BCUT2D eigenvalue weighted by molar-refractivity contribution is -0.385. The van der Waals surface area contributed by atoms with Crippen molar-refractivity contribution in [2.45, 2.75) is 0 Å². The molecule has 0 spiro atoms. The molecule has 0 N–H and O–H groups in total. The SMILES string of the molecule is CN(CC#N)C(=O)c1c(Cl)cccc1[N+](=O)[O-]. The molecule has 0 aliphatic rings. The quantitative estimate of drug-likeness (QED) is 0.467. The number of carbonyl (C=O) groups excluding carboxylic acids is 1. The van der Waals surface area contributed by atoms with Gasteiger partial charge < -0.3 is 4.90 Å². The molecule has 7 heteroatoms. The molecule has 0 aliphatic carbocycles. The van der Waals surface area contributed by atoms with E-state index in [1.807, 2.05) is 0 Å². The smallest absolute Gasteiger partial charge is 0.283 e. The second-order valence-corrected chi connectivity index (χ2v) is 3.62. The summed E-state index contributed by atoms with van der Waals surface area (Å²) >= 11 is 5.78. The van der Waals surface area contributed by atoms with Crippen LogP contribution in [0, 0.1) is 21.4 Å². The molecule has 17 heavy (non-hydrogen) atoms. The second-order valence-electron chi connectivity index (χ2n) is 3.21. The maximum atomic E-state index is 11.9. The summed E-state index contributed by atoms with van der Waals surface area (Å²) in [5.74, 6) is -0.649. The number of rotatable bonds is 3. The van der Waals surface area contributed by atoms with Crippen molar-refractivity contribution in [2.24, 2.45) is 0 Å². The van der Waals surface area contributed by atoms with Gasteiger partial charge in [-0.2, -0.15) is 5.26 Å². The van der Waals surface area contributed by atoms with Crippen molar-refractivity contribution in [2.75, 3.05) is 13.6 Å². The van der Waals surface area contributed by atoms with Crippen LogP contribution in [0.5, 0.6) is 0 Å². The van der Waals surface area contributed by atoms with Crippen LogP contribution in [0.25, 0.3) is 0 Å². The Morgan fingerprint density at radius 2 is 2.29 bits per heavy atom. The highest BCUT2D eigenvalue weighted by Crippen LogP contribution is 2.27. The van der Waals surface area contributed by atoms with Gasteiger partial charge in [0, 0.05) is 13.1 Å². The van der Waals surface area contributed by atoms with Crippen LogP contribution in [0.2, 0.25) is 5.02 Å². The predicted octanol–water partition coefficient (Wildman–Crippen LogP) is 1.84. The second kappa shape index (κ2) is 5.27. The Morgan fingerprint density at radius 1 is 1.65 bits per heavy atom. The molecule has 0 saturated heterocycles. The number of halogens is 1. The van der Waals surface area contributed by atoms with Gasteiger partial charge in [0.1, 0.15) is 12.1 Å². The van der Waals surface area contributed by atoms with Crippen LogP contribution >= 0.6 is 11.6 Å². The number of benzene rings is 1. The number of amides is 1. The normalized spacial score (nSPS) is 9.47. The number of carbonyl (C=O) groups is 1. The number of nitro benzene ring substituents is 1. The zero-order valence-corrected chi connectivity index (χ0v) is 9.64. The highest BCUT2D eigenvalue weighted by molar-refractivity contribution is 6.34. The van der Waals surface area contributed by atoms with Crippen molar-refractivity contribution in [3.05, 3.63) is 38.9 Å². The molecule has 0 bridgehead atoms. The van der Waals surface area contributed by atoms with Crippen molar-refractivity contribution in [3.8, 4) is 6.07 Å². The van der Waals surface area contributed by atoms with Crippen molar-refractivity contribution >= 4 is 23.2 Å². The monoisotopic (exact) mass is 253 g/mol. The standard InChI is InChI=1S/C10H8ClN3O3/c1-13(6-5-12)10(15)9-7(11)3-2-4-8(9)14(16)17/h2-4H,6H2,1H3. The van der Waals surface area contributed by atoms with E-state index in [1.165, 1.54) is 25.2 Å². The van der Waals surface area contributed by atoms with E-state index in [0.29, 0.717) is 0 Å². The first-order valence-electron chi connectivity index (χ1n) is 4.54. The first kappa shape index (κ1) is 12.9. The molecular weight excluding hydrogens is 246 g/mol. The average Bonchev–Trinajstić information content (AvgIpc) is 2.28. The van der Waals surface area contributed by atoms with Gasteiger partial charge in [-0.3, -0.25) is 14.9 Å². The van der Waals surface area contributed by atoms with Crippen LogP contribution in [-0.4, -0.2) is 29.3 Å². The Balaban J connectivity index is 3.26. The van der Waals surface area contributed by atoms with E-state index in [2.05, 4.69) is 0 Å². The largest absolute Gasteiger partial charge is 0.328 e. The first-order chi connectivity index (χ1) is 7.99. The maximum absolute atomic E-state index is 11.9. The van der Waals surface area contributed by atoms with Gasteiger partial charge in [-0.15, -0.1) is 0 Å². The molecule has 0 radical (unpaired) electrons. The number of nitro groups is 1. The summed E-state index contributed by atoms with van der Waals surface area (Å²) in [7, 11) is 1.37. The van der Waals surface area contributed by atoms with Gasteiger partial charge in [-0.1, -0.05) is 17.7 Å². The summed E-state index contributed by atoms with van der Waals surface area (Å²) < 4.78 is 0. The Labute approximate surface area is 102 Å². The highest BCUT2D eigenvalue weighted by atomic mass is 35.5. The molecule has 1 amide bonds.